The summed E-state index contributed by atoms with van der Waals surface area (Å²) in [4.78, 5) is 11.8. The lowest BCUT2D eigenvalue weighted by molar-refractivity contribution is 0.140. The Labute approximate surface area is 139 Å². The van der Waals surface area contributed by atoms with Gasteiger partial charge in [-0.15, -0.1) is 0 Å². The van der Waals surface area contributed by atoms with Crippen LogP contribution in [0.25, 0.3) is 11.3 Å². The molecule has 0 saturated heterocycles. The number of para-hydroxylation sites is 1. The maximum Gasteiger partial charge on any atom is 0.521 e. The molecule has 2 aromatic carbocycles. The van der Waals surface area contributed by atoms with Crippen molar-refractivity contribution in [2.45, 2.75) is 6.92 Å². The molecule has 1 heterocycles. The minimum atomic E-state index is -0.847. The maximum absolute atomic E-state index is 11.8. The maximum atomic E-state index is 11.8. The van der Waals surface area contributed by atoms with Gasteiger partial charge in [-0.25, -0.2) is 4.79 Å². The van der Waals surface area contributed by atoms with Crippen molar-refractivity contribution in [3.05, 3.63) is 66.2 Å². The molecule has 5 nitrogen and oxygen atoms in total. The second-order valence-electron chi connectivity index (χ2n) is 5.08. The lowest BCUT2D eigenvalue weighted by Gasteiger charge is -2.03. The molecule has 1 aromatic heterocycles. The molecule has 0 N–H and O–H groups in total. The van der Waals surface area contributed by atoms with E-state index in [2.05, 4.69) is 0 Å². The largest absolute Gasteiger partial charge is 0.521 e. The third-order valence-electron chi connectivity index (χ3n) is 3.37. The van der Waals surface area contributed by atoms with Crippen LogP contribution in [-0.4, -0.2) is 13.3 Å². The van der Waals surface area contributed by atoms with Gasteiger partial charge >= 0.3 is 6.16 Å². The van der Waals surface area contributed by atoms with Gasteiger partial charge in [0, 0.05) is 11.1 Å². The van der Waals surface area contributed by atoms with Gasteiger partial charge < -0.3 is 18.6 Å². The number of methoxy groups -OCH3 is 1. The highest BCUT2D eigenvalue weighted by atomic mass is 16.8. The van der Waals surface area contributed by atoms with Crippen molar-refractivity contribution in [2.24, 2.45) is 0 Å². The summed E-state index contributed by atoms with van der Waals surface area (Å²) in [6, 6.07) is 17.9. The van der Waals surface area contributed by atoms with E-state index in [0.29, 0.717) is 17.1 Å². The fraction of sp³-hybridized carbons (Fsp3) is 0.105. The highest BCUT2D eigenvalue weighted by Gasteiger charge is 2.16. The van der Waals surface area contributed by atoms with Crippen molar-refractivity contribution in [1.29, 1.82) is 0 Å². The van der Waals surface area contributed by atoms with Crippen LogP contribution >= 0.6 is 0 Å². The monoisotopic (exact) mass is 324 g/mol. The first-order valence-corrected chi connectivity index (χ1v) is 7.35. The first-order valence-electron chi connectivity index (χ1n) is 7.35. The van der Waals surface area contributed by atoms with Crippen LogP contribution in [0.2, 0.25) is 0 Å². The van der Waals surface area contributed by atoms with Gasteiger partial charge in [-0.2, -0.15) is 0 Å². The normalized spacial score (nSPS) is 10.2. The van der Waals surface area contributed by atoms with E-state index >= 15 is 0 Å². The zero-order valence-corrected chi connectivity index (χ0v) is 13.3. The molecule has 3 rings (SSSR count). The quantitative estimate of drug-likeness (QED) is 0.507. The SMILES string of the molecule is COc1ccc(-c2cc(C)c(OC(=O)Oc3ccccc3)o2)cc1. The Balaban J connectivity index is 1.72. The molecular weight excluding hydrogens is 308 g/mol. The van der Waals surface area contributed by atoms with Crippen molar-refractivity contribution >= 4 is 6.16 Å². The van der Waals surface area contributed by atoms with Gasteiger partial charge in [-0.1, -0.05) is 18.2 Å². The first-order chi connectivity index (χ1) is 11.7. The third-order valence-corrected chi connectivity index (χ3v) is 3.37. The summed E-state index contributed by atoms with van der Waals surface area (Å²) >= 11 is 0. The number of hydrogen-bond donors (Lipinski definition) is 0. The Bertz CT molecular complexity index is 819. The molecule has 0 unspecified atom stereocenters. The van der Waals surface area contributed by atoms with Crippen molar-refractivity contribution in [3.8, 4) is 28.8 Å². The number of ether oxygens (including phenoxy) is 3. The van der Waals surface area contributed by atoms with Crippen molar-refractivity contribution in [1.82, 2.24) is 0 Å². The Kier molecular flexibility index (Phi) is 4.52. The smallest absolute Gasteiger partial charge is 0.497 e. The third kappa shape index (κ3) is 3.57. The van der Waals surface area contributed by atoms with Crippen LogP contribution in [-0.2, 0) is 0 Å². The van der Waals surface area contributed by atoms with Crippen molar-refractivity contribution in [3.63, 3.8) is 0 Å². The lowest BCUT2D eigenvalue weighted by Crippen LogP contribution is -2.13. The lowest BCUT2D eigenvalue weighted by atomic mass is 10.1. The van der Waals surface area contributed by atoms with E-state index in [0.717, 1.165) is 11.3 Å². The van der Waals surface area contributed by atoms with Gasteiger partial charge in [0.2, 0.25) is 0 Å². The van der Waals surface area contributed by atoms with Gasteiger partial charge in [0.15, 0.2) is 0 Å². The molecule has 24 heavy (non-hydrogen) atoms. The standard InChI is InChI=1S/C19H16O5/c1-13-12-17(14-8-10-15(21-2)11-9-14)23-18(13)24-19(20)22-16-6-4-3-5-7-16/h3-12H,1-2H3. The highest BCUT2D eigenvalue weighted by molar-refractivity contribution is 5.68. The van der Waals surface area contributed by atoms with Gasteiger partial charge in [-0.3, -0.25) is 0 Å². The molecule has 0 bridgehead atoms. The summed E-state index contributed by atoms with van der Waals surface area (Å²) in [7, 11) is 1.61. The molecule has 0 atom stereocenters. The summed E-state index contributed by atoms with van der Waals surface area (Å²) in [6.45, 7) is 1.79. The number of carbonyl (C=O) groups is 1. The topological polar surface area (TPSA) is 57.9 Å². The summed E-state index contributed by atoms with van der Waals surface area (Å²) in [6.07, 6.45) is -0.847. The minimum Gasteiger partial charge on any atom is -0.497 e. The van der Waals surface area contributed by atoms with Crippen LogP contribution in [0.15, 0.2) is 65.1 Å². The molecule has 0 amide bonds. The number of carbonyl (C=O) groups excluding carboxylic acids is 1. The number of rotatable bonds is 4. The molecule has 0 radical (unpaired) electrons. The van der Waals surface area contributed by atoms with E-state index in [1.54, 1.807) is 44.4 Å². The summed E-state index contributed by atoms with van der Waals surface area (Å²) in [5.41, 5.74) is 1.55. The van der Waals surface area contributed by atoms with Crippen LogP contribution in [0.1, 0.15) is 5.56 Å². The van der Waals surface area contributed by atoms with E-state index in [-0.39, 0.29) is 5.95 Å². The molecule has 122 valence electrons. The van der Waals surface area contributed by atoms with Crippen LogP contribution in [0.4, 0.5) is 4.79 Å². The Morgan fingerprint density at radius 2 is 1.62 bits per heavy atom. The number of furan rings is 1. The zero-order chi connectivity index (χ0) is 16.9. The average Bonchev–Trinajstić information content (AvgIpc) is 2.96. The van der Waals surface area contributed by atoms with E-state index < -0.39 is 6.16 Å². The second kappa shape index (κ2) is 6.91. The van der Waals surface area contributed by atoms with Gasteiger partial charge in [-0.05, 0) is 49.4 Å². The number of benzene rings is 2. The fourth-order valence-corrected chi connectivity index (χ4v) is 2.15. The molecule has 0 aliphatic carbocycles. The molecule has 0 saturated carbocycles. The predicted molar refractivity (Wildman–Crippen MR) is 88.5 cm³/mol. The van der Waals surface area contributed by atoms with Gasteiger partial charge in [0.1, 0.15) is 17.3 Å². The number of hydrogen-bond acceptors (Lipinski definition) is 5. The van der Waals surface area contributed by atoms with Crippen molar-refractivity contribution < 1.29 is 23.4 Å². The van der Waals surface area contributed by atoms with Crippen molar-refractivity contribution in [2.75, 3.05) is 7.11 Å². The van der Waals surface area contributed by atoms with Gasteiger partial charge in [0.05, 0.1) is 7.11 Å². The minimum absolute atomic E-state index is 0.113. The summed E-state index contributed by atoms with van der Waals surface area (Å²) in [5.74, 6) is 1.87. The Morgan fingerprint density at radius 3 is 2.29 bits per heavy atom. The Hall–Kier alpha value is -3.21. The second-order valence-corrected chi connectivity index (χ2v) is 5.08. The highest BCUT2D eigenvalue weighted by Crippen LogP contribution is 2.31. The molecule has 0 aliphatic heterocycles. The van der Waals surface area contributed by atoms with Crippen LogP contribution < -0.4 is 14.2 Å². The molecule has 3 aromatic rings. The van der Waals surface area contributed by atoms with E-state index in [4.69, 9.17) is 18.6 Å². The van der Waals surface area contributed by atoms with Crippen LogP contribution in [0.5, 0.6) is 17.4 Å². The molecule has 0 fully saturated rings. The van der Waals surface area contributed by atoms with Crippen LogP contribution in [0, 0.1) is 6.92 Å². The predicted octanol–water partition coefficient (Wildman–Crippen LogP) is 4.84. The Morgan fingerprint density at radius 1 is 0.917 bits per heavy atom. The van der Waals surface area contributed by atoms with Gasteiger partial charge in [0.25, 0.3) is 5.95 Å². The molecular formula is C19H16O5. The fourth-order valence-electron chi connectivity index (χ4n) is 2.15. The van der Waals surface area contributed by atoms with E-state index in [9.17, 15) is 4.79 Å². The first kappa shape index (κ1) is 15.7. The summed E-state index contributed by atoms with van der Waals surface area (Å²) in [5, 5.41) is 0. The molecule has 5 heteroatoms. The van der Waals surface area contributed by atoms with Crippen LogP contribution in [0.3, 0.4) is 0 Å². The average molecular weight is 324 g/mol. The van der Waals surface area contributed by atoms with E-state index in [1.807, 2.05) is 30.3 Å². The molecule has 0 aliphatic rings. The zero-order valence-electron chi connectivity index (χ0n) is 13.3. The molecule has 0 spiro atoms. The number of aryl methyl sites for hydroxylation is 1. The summed E-state index contributed by atoms with van der Waals surface area (Å²) < 4.78 is 21.0. The van der Waals surface area contributed by atoms with E-state index in [1.165, 1.54) is 0 Å².